The molecule has 0 bridgehead atoms. The van der Waals surface area contributed by atoms with Gasteiger partial charge in [0.15, 0.2) is 6.10 Å². The van der Waals surface area contributed by atoms with Crippen LogP contribution >= 0.6 is 0 Å². The van der Waals surface area contributed by atoms with Crippen LogP contribution in [0, 0.1) is 5.82 Å². The molecule has 1 atom stereocenters. The second kappa shape index (κ2) is 10.3. The number of ether oxygens (including phenoxy) is 1. The van der Waals surface area contributed by atoms with Gasteiger partial charge in [-0.05, 0) is 63.6 Å². The molecule has 4 rings (SSSR count). The standard InChI is InChI=1S/C26H28FN5O4/c1-6-20(34-17-11-8-15(9-12-17)22-28-21(7-2)35-31-22)25-29-23(32-36-25)16-10-13-18(19(27)14-16)24(33)30-26(3,4)5/h8-14,20H,6-7H2,1-5H3,(H,30,33). The predicted molar refractivity (Wildman–Crippen MR) is 130 cm³/mol. The molecule has 0 radical (unpaired) electrons. The number of aromatic nitrogens is 4. The zero-order valence-corrected chi connectivity index (χ0v) is 20.8. The summed E-state index contributed by atoms with van der Waals surface area (Å²) in [4.78, 5) is 21.0. The monoisotopic (exact) mass is 493 g/mol. The third-order valence-corrected chi connectivity index (χ3v) is 5.21. The second-order valence-corrected chi connectivity index (χ2v) is 9.26. The van der Waals surface area contributed by atoms with Gasteiger partial charge in [-0.2, -0.15) is 9.97 Å². The summed E-state index contributed by atoms with van der Waals surface area (Å²) in [6.45, 7) is 9.36. The van der Waals surface area contributed by atoms with E-state index in [0.717, 1.165) is 5.56 Å². The van der Waals surface area contributed by atoms with Crippen molar-refractivity contribution < 1.29 is 23.0 Å². The van der Waals surface area contributed by atoms with E-state index in [2.05, 4.69) is 25.6 Å². The first-order chi connectivity index (χ1) is 17.2. The number of halogens is 1. The van der Waals surface area contributed by atoms with Crippen LogP contribution < -0.4 is 10.1 Å². The molecule has 2 aromatic carbocycles. The molecule has 0 saturated carbocycles. The Hall–Kier alpha value is -4.08. The molecule has 0 aliphatic rings. The van der Waals surface area contributed by atoms with Crippen molar-refractivity contribution in [2.24, 2.45) is 0 Å². The van der Waals surface area contributed by atoms with Gasteiger partial charge in [-0.15, -0.1) is 0 Å². The number of rotatable bonds is 8. The molecule has 1 N–H and O–H groups in total. The van der Waals surface area contributed by atoms with E-state index in [1.165, 1.54) is 12.1 Å². The minimum Gasteiger partial charge on any atom is -0.481 e. The molecule has 188 valence electrons. The van der Waals surface area contributed by atoms with E-state index in [4.69, 9.17) is 13.8 Å². The third-order valence-electron chi connectivity index (χ3n) is 5.21. The Bertz CT molecular complexity index is 1340. The molecule has 0 spiro atoms. The van der Waals surface area contributed by atoms with Gasteiger partial charge in [-0.1, -0.05) is 30.2 Å². The molecule has 9 nitrogen and oxygen atoms in total. The largest absolute Gasteiger partial charge is 0.481 e. The molecular formula is C26H28FN5O4. The number of benzene rings is 2. The Morgan fingerprint density at radius 3 is 2.28 bits per heavy atom. The summed E-state index contributed by atoms with van der Waals surface area (Å²) in [5, 5.41) is 10.7. The quantitative estimate of drug-likeness (QED) is 0.340. The number of nitrogens with zero attached hydrogens (tertiary/aromatic N) is 4. The summed E-state index contributed by atoms with van der Waals surface area (Å²) in [5.41, 5.74) is 0.662. The van der Waals surface area contributed by atoms with Crippen LogP contribution in [0.25, 0.3) is 22.8 Å². The van der Waals surface area contributed by atoms with Crippen LogP contribution in [0.5, 0.6) is 5.75 Å². The molecule has 0 saturated heterocycles. The van der Waals surface area contributed by atoms with Crippen molar-refractivity contribution in [3.63, 3.8) is 0 Å². The van der Waals surface area contributed by atoms with E-state index in [0.29, 0.717) is 35.9 Å². The van der Waals surface area contributed by atoms with Crippen LogP contribution in [0.1, 0.15) is 69.3 Å². The molecule has 0 aliphatic heterocycles. The van der Waals surface area contributed by atoms with Crippen molar-refractivity contribution in [2.75, 3.05) is 0 Å². The lowest BCUT2D eigenvalue weighted by atomic mass is 10.1. The van der Waals surface area contributed by atoms with Crippen molar-refractivity contribution >= 4 is 5.91 Å². The topological polar surface area (TPSA) is 116 Å². The zero-order valence-electron chi connectivity index (χ0n) is 20.8. The van der Waals surface area contributed by atoms with E-state index in [1.807, 2.05) is 46.8 Å². The number of carbonyl (C=O) groups is 1. The molecule has 1 amide bonds. The van der Waals surface area contributed by atoms with Gasteiger partial charge >= 0.3 is 0 Å². The van der Waals surface area contributed by atoms with Gasteiger partial charge in [0.2, 0.25) is 17.5 Å². The normalized spacial score (nSPS) is 12.4. The summed E-state index contributed by atoms with van der Waals surface area (Å²) in [7, 11) is 0. The van der Waals surface area contributed by atoms with E-state index < -0.39 is 23.4 Å². The Morgan fingerprint density at radius 1 is 1.00 bits per heavy atom. The van der Waals surface area contributed by atoms with E-state index in [-0.39, 0.29) is 17.3 Å². The molecule has 1 unspecified atom stereocenters. The molecule has 0 aliphatic carbocycles. The highest BCUT2D eigenvalue weighted by Crippen LogP contribution is 2.28. The molecule has 4 aromatic rings. The van der Waals surface area contributed by atoms with Crippen molar-refractivity contribution in [3.8, 4) is 28.5 Å². The van der Waals surface area contributed by atoms with Crippen LogP contribution in [0.3, 0.4) is 0 Å². The maximum absolute atomic E-state index is 14.7. The van der Waals surface area contributed by atoms with Gasteiger partial charge in [0.25, 0.3) is 11.8 Å². The number of hydrogen-bond donors (Lipinski definition) is 1. The molecular weight excluding hydrogens is 465 g/mol. The number of nitrogens with one attached hydrogen (secondary N) is 1. The van der Waals surface area contributed by atoms with E-state index in [1.54, 1.807) is 18.2 Å². The lowest BCUT2D eigenvalue weighted by molar-refractivity contribution is 0.0915. The lowest BCUT2D eigenvalue weighted by Gasteiger charge is -2.20. The van der Waals surface area contributed by atoms with Gasteiger partial charge in [0, 0.05) is 23.1 Å². The molecule has 0 fully saturated rings. The van der Waals surface area contributed by atoms with Crippen molar-refractivity contribution in [2.45, 2.75) is 59.1 Å². The Morgan fingerprint density at radius 2 is 1.67 bits per heavy atom. The average molecular weight is 494 g/mol. The van der Waals surface area contributed by atoms with Crippen LogP contribution in [0.15, 0.2) is 51.5 Å². The number of aryl methyl sites for hydroxylation is 1. The zero-order chi connectivity index (χ0) is 25.9. The first kappa shape index (κ1) is 25.0. The molecule has 2 heterocycles. The predicted octanol–water partition coefficient (Wildman–Crippen LogP) is 5.55. The SMILES string of the molecule is CCc1nc(-c2ccc(OC(CC)c3nc(-c4ccc(C(=O)NC(C)(C)C)c(F)c4)no3)cc2)no1. The highest BCUT2D eigenvalue weighted by molar-refractivity contribution is 5.95. The highest BCUT2D eigenvalue weighted by Gasteiger charge is 2.22. The molecule has 10 heteroatoms. The maximum atomic E-state index is 14.7. The lowest BCUT2D eigenvalue weighted by Crippen LogP contribution is -2.40. The first-order valence-electron chi connectivity index (χ1n) is 11.7. The first-order valence-corrected chi connectivity index (χ1v) is 11.7. The minimum absolute atomic E-state index is 0.0534. The minimum atomic E-state index is -0.670. The Kier molecular flexibility index (Phi) is 7.14. The second-order valence-electron chi connectivity index (χ2n) is 9.26. The Balaban J connectivity index is 1.47. The van der Waals surface area contributed by atoms with Gasteiger partial charge < -0.3 is 19.1 Å². The van der Waals surface area contributed by atoms with Gasteiger partial charge in [0.1, 0.15) is 11.6 Å². The average Bonchev–Trinajstić information content (AvgIpc) is 3.52. The van der Waals surface area contributed by atoms with E-state index >= 15 is 0 Å². The summed E-state index contributed by atoms with van der Waals surface area (Å²) in [5.74, 6) is 0.995. The van der Waals surface area contributed by atoms with Crippen molar-refractivity contribution in [1.29, 1.82) is 0 Å². The fraction of sp³-hybridized carbons (Fsp3) is 0.346. The summed E-state index contributed by atoms with van der Waals surface area (Å²) >= 11 is 0. The third kappa shape index (κ3) is 5.76. The van der Waals surface area contributed by atoms with Gasteiger partial charge in [-0.3, -0.25) is 4.79 Å². The van der Waals surface area contributed by atoms with Gasteiger partial charge in [-0.25, -0.2) is 4.39 Å². The fourth-order valence-electron chi connectivity index (χ4n) is 3.40. The summed E-state index contributed by atoms with van der Waals surface area (Å²) in [6, 6.07) is 11.5. The van der Waals surface area contributed by atoms with Gasteiger partial charge in [0.05, 0.1) is 5.56 Å². The number of amides is 1. The van der Waals surface area contributed by atoms with Crippen LogP contribution in [0.4, 0.5) is 4.39 Å². The number of hydrogen-bond acceptors (Lipinski definition) is 8. The number of carbonyl (C=O) groups excluding carboxylic acids is 1. The Labute approximate surface area is 208 Å². The van der Waals surface area contributed by atoms with Crippen LogP contribution in [-0.4, -0.2) is 31.7 Å². The fourth-order valence-corrected chi connectivity index (χ4v) is 3.40. The molecule has 2 aromatic heterocycles. The van der Waals surface area contributed by atoms with Crippen LogP contribution in [0.2, 0.25) is 0 Å². The highest BCUT2D eigenvalue weighted by atomic mass is 19.1. The summed E-state index contributed by atoms with van der Waals surface area (Å²) < 4.78 is 31.3. The van der Waals surface area contributed by atoms with Crippen LogP contribution in [-0.2, 0) is 6.42 Å². The summed E-state index contributed by atoms with van der Waals surface area (Å²) in [6.07, 6.45) is 0.728. The van der Waals surface area contributed by atoms with E-state index in [9.17, 15) is 9.18 Å². The molecule has 36 heavy (non-hydrogen) atoms. The van der Waals surface area contributed by atoms with Crippen molar-refractivity contribution in [3.05, 3.63) is 65.6 Å². The maximum Gasteiger partial charge on any atom is 0.268 e. The smallest absolute Gasteiger partial charge is 0.268 e. The van der Waals surface area contributed by atoms with Crippen molar-refractivity contribution in [1.82, 2.24) is 25.6 Å².